The molecule has 0 nitrogen and oxygen atoms in total. The van der Waals surface area contributed by atoms with Crippen LogP contribution in [0.2, 0.25) is 0 Å². The third kappa shape index (κ3) is 3.47. The van der Waals surface area contributed by atoms with E-state index in [1.54, 1.807) is 48.5 Å². The molecule has 0 N–H and O–H groups in total. The minimum absolute atomic E-state index is 0.148. The zero-order valence-electron chi connectivity index (χ0n) is 21.5. The molecule has 41 heavy (non-hydrogen) atoms. The van der Waals surface area contributed by atoms with Gasteiger partial charge in [0.05, 0.1) is 16.2 Å². The first-order valence-corrected chi connectivity index (χ1v) is 12.6. The normalized spacial score (nSPS) is 12.5. The minimum atomic E-state index is -2.30. The van der Waals surface area contributed by atoms with Crippen molar-refractivity contribution in [2.45, 2.75) is 13.8 Å². The van der Waals surface area contributed by atoms with Gasteiger partial charge in [0.15, 0.2) is 40.7 Å². The molecule has 0 atom stereocenters. The fourth-order valence-corrected chi connectivity index (χ4v) is 5.85. The number of hydrogen-bond donors (Lipinski definition) is 0. The van der Waals surface area contributed by atoms with E-state index in [1.807, 2.05) is 26.0 Å². The summed E-state index contributed by atoms with van der Waals surface area (Å²) in [5, 5.41) is -6.35. The van der Waals surface area contributed by atoms with Crippen LogP contribution in [0, 0.1) is 46.5 Å². The molecule has 0 bridgehead atoms. The Morgan fingerprint density at radius 2 is 0.902 bits per heavy atom. The average Bonchev–Trinajstić information content (AvgIpc) is 3.33. The largest absolute Gasteiger partial charge is 0.246 e. The number of benzene rings is 6. The quantitative estimate of drug-likeness (QED) is 0.0629. The third-order valence-corrected chi connectivity index (χ3v) is 7.61. The lowest BCUT2D eigenvalue weighted by Gasteiger charge is -2.20. The Bertz CT molecular complexity index is 2020. The van der Waals surface area contributed by atoms with Crippen LogP contribution in [0.5, 0.6) is 0 Å². The molecule has 0 saturated heterocycles. The summed E-state index contributed by atoms with van der Waals surface area (Å²) in [4.78, 5) is 0. The maximum absolute atomic E-state index is 16.4. The Balaban J connectivity index is 0.000000712. The van der Waals surface area contributed by atoms with Crippen molar-refractivity contribution < 1.29 is 35.1 Å². The molecule has 1 aliphatic rings. The van der Waals surface area contributed by atoms with Crippen molar-refractivity contribution in [3.8, 4) is 11.1 Å². The lowest BCUT2D eigenvalue weighted by molar-refractivity contribution is 0.448. The molecule has 0 spiro atoms. The van der Waals surface area contributed by atoms with Crippen LogP contribution in [0.1, 0.15) is 13.8 Å². The monoisotopic (exact) mass is 564 g/mol. The van der Waals surface area contributed by atoms with E-state index in [1.165, 1.54) is 6.07 Å². The number of hydrogen-bond acceptors (Lipinski definition) is 0. The smallest absolute Gasteiger partial charge is 0.207 e. The molecule has 0 amide bonds. The highest BCUT2D eigenvalue weighted by Crippen LogP contribution is 2.47. The van der Waals surface area contributed by atoms with Gasteiger partial charge in [-0.05, 0) is 30.4 Å². The van der Waals surface area contributed by atoms with E-state index >= 15 is 22.0 Å². The predicted molar refractivity (Wildman–Crippen MR) is 147 cm³/mol. The van der Waals surface area contributed by atoms with Crippen LogP contribution in [0.15, 0.2) is 66.7 Å². The second-order valence-corrected chi connectivity index (χ2v) is 9.65. The summed E-state index contributed by atoms with van der Waals surface area (Å²) in [7, 11) is 0. The van der Waals surface area contributed by atoms with Gasteiger partial charge in [-0.1, -0.05) is 77.7 Å². The maximum Gasteiger partial charge on any atom is 0.246 e. The number of rotatable bonds is 1. The van der Waals surface area contributed by atoms with E-state index < -0.39 is 85.6 Å². The van der Waals surface area contributed by atoms with Crippen molar-refractivity contribution in [2.24, 2.45) is 0 Å². The summed E-state index contributed by atoms with van der Waals surface area (Å²) >= 11 is 0. The summed E-state index contributed by atoms with van der Waals surface area (Å²) in [6.07, 6.45) is 4.00. The van der Waals surface area contributed by atoms with E-state index in [9.17, 15) is 13.2 Å². The molecule has 1 heterocycles. The summed E-state index contributed by atoms with van der Waals surface area (Å²) in [6, 6.07) is 14.8. The molecule has 1 aliphatic heterocycles. The van der Waals surface area contributed by atoms with Gasteiger partial charge in [-0.25, -0.2) is 35.1 Å². The summed E-state index contributed by atoms with van der Waals surface area (Å²) in [5.74, 6) is -15.4. The van der Waals surface area contributed by atoms with E-state index in [2.05, 4.69) is 0 Å². The minimum Gasteiger partial charge on any atom is -0.207 e. The van der Waals surface area contributed by atoms with E-state index in [0.29, 0.717) is 10.9 Å². The van der Waals surface area contributed by atoms with Crippen LogP contribution in [0.4, 0.5) is 35.1 Å². The highest BCUT2D eigenvalue weighted by Gasteiger charge is 2.42. The van der Waals surface area contributed by atoms with Crippen molar-refractivity contribution in [1.82, 2.24) is 0 Å². The fraction of sp³-hybridized carbons (Fsp3) is 0.0625. The molecular weight excluding hydrogens is 547 g/mol. The average molecular weight is 564 g/mol. The topological polar surface area (TPSA) is 0 Å². The fourth-order valence-electron chi connectivity index (χ4n) is 5.85. The standard InChI is InChI=1S/C28H9BF8.C4H8/c30-21-17-14-15-18(26(35)28(37)27(36)19(15)25(34)23(17)32)24(33)22(31)16(14)13-11-8-4-5-9-12(11)29(20(13)21)10-6-2-1-3-7-10;1-3-4-2/h1-9H;3-4H,1-2H3/b;4-3-. The van der Waals surface area contributed by atoms with Crippen molar-refractivity contribution >= 4 is 55.4 Å². The number of halogens is 8. The zero-order valence-corrected chi connectivity index (χ0v) is 21.5. The van der Waals surface area contributed by atoms with E-state index in [0.717, 1.165) is 0 Å². The van der Waals surface area contributed by atoms with Gasteiger partial charge in [-0.15, -0.1) is 0 Å². The molecular formula is C32H17BF8. The Morgan fingerprint density at radius 1 is 0.463 bits per heavy atom. The Kier molecular flexibility index (Phi) is 6.28. The summed E-state index contributed by atoms with van der Waals surface area (Å²) in [6.45, 7) is 3.10. The molecule has 9 heteroatoms. The van der Waals surface area contributed by atoms with Crippen LogP contribution in [0.3, 0.4) is 0 Å². The first kappa shape index (κ1) is 26.8. The van der Waals surface area contributed by atoms with Gasteiger partial charge in [-0.3, -0.25) is 0 Å². The van der Waals surface area contributed by atoms with Gasteiger partial charge >= 0.3 is 0 Å². The molecule has 0 fully saturated rings. The second kappa shape index (κ2) is 9.61. The van der Waals surface area contributed by atoms with E-state index in [4.69, 9.17) is 0 Å². The molecule has 7 rings (SSSR count). The number of allylic oxidation sites excluding steroid dienone is 2. The Hall–Kier alpha value is -4.40. The van der Waals surface area contributed by atoms with Crippen LogP contribution in [-0.4, -0.2) is 6.71 Å². The lowest BCUT2D eigenvalue weighted by atomic mass is 9.38. The van der Waals surface area contributed by atoms with Gasteiger partial charge in [0.1, 0.15) is 5.82 Å². The third-order valence-electron chi connectivity index (χ3n) is 7.61. The summed E-state index contributed by atoms with van der Waals surface area (Å²) in [5.41, 5.74) is 0.935. The highest BCUT2D eigenvalue weighted by atomic mass is 19.2. The first-order chi connectivity index (χ1) is 19.7. The lowest BCUT2D eigenvalue weighted by Crippen LogP contribution is -2.50. The van der Waals surface area contributed by atoms with Crippen LogP contribution in [0.25, 0.3) is 43.4 Å². The van der Waals surface area contributed by atoms with Gasteiger partial charge in [0.2, 0.25) is 6.71 Å². The summed E-state index contributed by atoms with van der Waals surface area (Å²) < 4.78 is 122. The van der Waals surface area contributed by atoms with Crippen LogP contribution >= 0.6 is 0 Å². The van der Waals surface area contributed by atoms with Gasteiger partial charge in [-0.2, -0.15) is 0 Å². The molecule has 204 valence electrons. The Morgan fingerprint density at radius 3 is 1.46 bits per heavy atom. The Labute approximate surface area is 228 Å². The van der Waals surface area contributed by atoms with Crippen LogP contribution < -0.4 is 16.4 Å². The van der Waals surface area contributed by atoms with Gasteiger partial charge in [0.25, 0.3) is 0 Å². The van der Waals surface area contributed by atoms with Gasteiger partial charge in [0, 0.05) is 16.2 Å². The van der Waals surface area contributed by atoms with Crippen molar-refractivity contribution in [3.05, 3.63) is 113 Å². The van der Waals surface area contributed by atoms with Crippen LogP contribution in [-0.2, 0) is 0 Å². The highest BCUT2D eigenvalue weighted by molar-refractivity contribution is 6.99. The molecule has 0 aliphatic carbocycles. The SMILES string of the molecule is C/C=C\C.Fc1c(F)c2c(F)c(F)c3c(F)c4c(c5c(F)c(F)c(c1F)c2c35)-c1ccccc1B4c1ccccc1. The first-order valence-electron chi connectivity index (χ1n) is 12.6. The maximum atomic E-state index is 16.4. The zero-order chi connectivity index (χ0) is 29.3. The van der Waals surface area contributed by atoms with E-state index in [-0.39, 0.29) is 16.6 Å². The van der Waals surface area contributed by atoms with Gasteiger partial charge < -0.3 is 0 Å². The molecule has 0 saturated carbocycles. The van der Waals surface area contributed by atoms with Crippen molar-refractivity contribution in [2.75, 3.05) is 0 Å². The molecule has 0 radical (unpaired) electrons. The molecule has 6 aromatic carbocycles. The predicted octanol–water partition coefficient (Wildman–Crippen LogP) is 7.78. The number of fused-ring (bicyclic) bond motifs is 4. The molecule has 0 aromatic heterocycles. The van der Waals surface area contributed by atoms with Crippen molar-refractivity contribution in [3.63, 3.8) is 0 Å². The van der Waals surface area contributed by atoms with Crippen molar-refractivity contribution in [1.29, 1.82) is 0 Å². The molecule has 0 unspecified atom stereocenters. The second-order valence-electron chi connectivity index (χ2n) is 9.65. The molecule has 6 aromatic rings.